The van der Waals surface area contributed by atoms with Crippen LogP contribution in [0.25, 0.3) is 11.1 Å². The molecule has 1 unspecified atom stereocenters. The molecular weight excluding hydrogens is 474 g/mol. The van der Waals surface area contributed by atoms with Gasteiger partial charge in [-0.1, -0.05) is 38.1 Å². The lowest BCUT2D eigenvalue weighted by molar-refractivity contribution is -0.137. The van der Waals surface area contributed by atoms with Gasteiger partial charge in [0.25, 0.3) is 0 Å². The highest BCUT2D eigenvalue weighted by atomic mass is 19.4. The normalized spacial score (nSPS) is 18.0. The lowest BCUT2D eigenvalue weighted by Crippen LogP contribution is -2.29. The summed E-state index contributed by atoms with van der Waals surface area (Å²) < 4.78 is 58.6. The summed E-state index contributed by atoms with van der Waals surface area (Å²) in [7, 11) is 1.47. The Bertz CT molecular complexity index is 1280. The minimum atomic E-state index is -4.54. The maximum atomic E-state index is 13.9. The minimum Gasteiger partial charge on any atom is -0.388 e. The van der Waals surface area contributed by atoms with Gasteiger partial charge in [-0.25, -0.2) is 4.39 Å². The van der Waals surface area contributed by atoms with Crippen molar-refractivity contribution in [2.24, 2.45) is 5.41 Å². The van der Waals surface area contributed by atoms with E-state index < -0.39 is 35.5 Å². The lowest BCUT2D eigenvalue weighted by atomic mass is 9.72. The standard InChI is InChI=1S/C28H27F4NO3/c1-15(36-4)25-24(26(35)17-5-9-18(10-6-17)28(30,31)32)22(16-7-11-19(29)12-8-16)23-20(33-25)13-27(2,3)14-21(23)34/h5-12,15,21,34H,13-14H2,1-4H3/t15?,21-/m0/s1. The first-order chi connectivity index (χ1) is 16.8. The van der Waals surface area contributed by atoms with Crippen molar-refractivity contribution < 1.29 is 32.2 Å². The number of rotatable bonds is 5. The summed E-state index contributed by atoms with van der Waals surface area (Å²) in [6, 6.07) is 9.51. The van der Waals surface area contributed by atoms with E-state index in [2.05, 4.69) is 0 Å². The van der Waals surface area contributed by atoms with E-state index in [4.69, 9.17) is 9.72 Å². The summed E-state index contributed by atoms with van der Waals surface area (Å²) in [4.78, 5) is 18.7. The fourth-order valence-electron chi connectivity index (χ4n) is 4.82. The summed E-state index contributed by atoms with van der Waals surface area (Å²) in [6.45, 7) is 5.75. The van der Waals surface area contributed by atoms with E-state index in [0.29, 0.717) is 40.9 Å². The van der Waals surface area contributed by atoms with Crippen molar-refractivity contribution >= 4 is 5.78 Å². The number of aromatic nitrogens is 1. The Labute approximate surface area is 207 Å². The molecule has 4 rings (SSSR count). The van der Waals surface area contributed by atoms with E-state index in [0.717, 1.165) is 24.3 Å². The van der Waals surface area contributed by atoms with Gasteiger partial charge in [-0.05, 0) is 55.0 Å². The number of nitrogens with zero attached hydrogens (tertiary/aromatic N) is 1. The highest BCUT2D eigenvalue weighted by Crippen LogP contribution is 2.47. The van der Waals surface area contributed by atoms with Crippen molar-refractivity contribution in [2.45, 2.75) is 52.0 Å². The van der Waals surface area contributed by atoms with Gasteiger partial charge < -0.3 is 9.84 Å². The van der Waals surface area contributed by atoms with Gasteiger partial charge >= 0.3 is 6.18 Å². The summed E-state index contributed by atoms with van der Waals surface area (Å²) >= 11 is 0. The molecule has 1 aliphatic rings. The molecule has 0 amide bonds. The Morgan fingerprint density at radius 3 is 2.28 bits per heavy atom. The first-order valence-electron chi connectivity index (χ1n) is 11.6. The molecule has 0 saturated heterocycles. The quantitative estimate of drug-likeness (QED) is 0.307. The van der Waals surface area contributed by atoms with Crippen LogP contribution < -0.4 is 0 Å². The molecule has 2 atom stereocenters. The molecule has 8 heteroatoms. The van der Waals surface area contributed by atoms with Gasteiger partial charge in [-0.3, -0.25) is 9.78 Å². The van der Waals surface area contributed by atoms with Crippen LogP contribution in [0.4, 0.5) is 17.6 Å². The predicted molar refractivity (Wildman–Crippen MR) is 127 cm³/mol. The molecule has 0 fully saturated rings. The van der Waals surface area contributed by atoms with Gasteiger partial charge in [0.15, 0.2) is 5.78 Å². The number of aliphatic hydroxyl groups excluding tert-OH is 1. The predicted octanol–water partition coefficient (Wildman–Crippen LogP) is 6.85. The highest BCUT2D eigenvalue weighted by molar-refractivity contribution is 6.14. The molecule has 1 heterocycles. The number of alkyl halides is 3. The number of fused-ring (bicyclic) bond motifs is 1. The van der Waals surface area contributed by atoms with Crippen LogP contribution in [0.2, 0.25) is 0 Å². The molecular formula is C28H27F4NO3. The van der Waals surface area contributed by atoms with Crippen LogP contribution in [0.5, 0.6) is 0 Å². The first-order valence-corrected chi connectivity index (χ1v) is 11.6. The Morgan fingerprint density at radius 1 is 1.11 bits per heavy atom. The number of halogens is 4. The number of ketones is 1. The Kier molecular flexibility index (Phi) is 6.79. The molecule has 1 N–H and O–H groups in total. The van der Waals surface area contributed by atoms with Crippen molar-refractivity contribution in [3.63, 3.8) is 0 Å². The average molecular weight is 502 g/mol. The molecule has 4 nitrogen and oxygen atoms in total. The van der Waals surface area contributed by atoms with E-state index in [-0.39, 0.29) is 16.5 Å². The average Bonchev–Trinajstić information content (AvgIpc) is 2.81. The third-order valence-electron chi connectivity index (χ3n) is 6.64. The van der Waals surface area contributed by atoms with Crippen molar-refractivity contribution in [3.05, 3.63) is 88.0 Å². The maximum absolute atomic E-state index is 13.9. The molecule has 0 saturated carbocycles. The van der Waals surface area contributed by atoms with Crippen molar-refractivity contribution in [1.82, 2.24) is 4.98 Å². The second-order valence-corrected chi connectivity index (χ2v) is 9.96. The van der Waals surface area contributed by atoms with Crippen LogP contribution in [-0.2, 0) is 17.3 Å². The summed E-state index contributed by atoms with van der Waals surface area (Å²) in [6.07, 6.45) is -5.16. The molecule has 0 radical (unpaired) electrons. The highest BCUT2D eigenvalue weighted by Gasteiger charge is 2.38. The number of ether oxygens (including phenoxy) is 1. The number of aliphatic hydroxyl groups is 1. The Balaban J connectivity index is 2.03. The zero-order chi connectivity index (χ0) is 26.4. The zero-order valence-electron chi connectivity index (χ0n) is 20.4. The summed E-state index contributed by atoms with van der Waals surface area (Å²) in [5, 5.41) is 11.2. The van der Waals surface area contributed by atoms with E-state index in [1.54, 1.807) is 6.92 Å². The monoisotopic (exact) mass is 501 g/mol. The zero-order valence-corrected chi connectivity index (χ0v) is 20.4. The second kappa shape index (κ2) is 9.41. The molecule has 0 bridgehead atoms. The summed E-state index contributed by atoms with van der Waals surface area (Å²) in [5.74, 6) is -1.03. The molecule has 190 valence electrons. The third-order valence-corrected chi connectivity index (χ3v) is 6.64. The maximum Gasteiger partial charge on any atom is 0.416 e. The number of methoxy groups -OCH3 is 1. The number of pyridine rings is 1. The molecule has 0 aliphatic heterocycles. The van der Waals surface area contributed by atoms with Crippen LogP contribution >= 0.6 is 0 Å². The lowest BCUT2D eigenvalue weighted by Gasteiger charge is -2.36. The van der Waals surface area contributed by atoms with Crippen LogP contribution in [0.1, 0.15) is 77.8 Å². The Hall–Kier alpha value is -3.10. The minimum absolute atomic E-state index is 0.0308. The van der Waals surface area contributed by atoms with Gasteiger partial charge in [-0.15, -0.1) is 0 Å². The van der Waals surface area contributed by atoms with Crippen molar-refractivity contribution in [3.8, 4) is 11.1 Å². The van der Waals surface area contributed by atoms with Crippen LogP contribution in [-0.4, -0.2) is 23.0 Å². The molecule has 36 heavy (non-hydrogen) atoms. The topological polar surface area (TPSA) is 59.4 Å². The number of carbonyl (C=O) groups excluding carboxylic acids is 1. The van der Waals surface area contributed by atoms with Gasteiger partial charge in [0.05, 0.1) is 29.0 Å². The fraction of sp³-hybridized carbons (Fsp3) is 0.357. The van der Waals surface area contributed by atoms with Crippen LogP contribution in [0.15, 0.2) is 48.5 Å². The van der Waals surface area contributed by atoms with E-state index in [9.17, 15) is 27.5 Å². The van der Waals surface area contributed by atoms with Crippen LogP contribution in [0, 0.1) is 11.2 Å². The van der Waals surface area contributed by atoms with Gasteiger partial charge in [0, 0.05) is 29.5 Å². The molecule has 0 spiro atoms. The number of hydrogen-bond donors (Lipinski definition) is 1. The molecule has 1 aromatic heterocycles. The van der Waals surface area contributed by atoms with Crippen LogP contribution in [0.3, 0.4) is 0 Å². The smallest absolute Gasteiger partial charge is 0.388 e. The second-order valence-electron chi connectivity index (χ2n) is 9.96. The SMILES string of the molecule is COC(C)c1nc2c(c(-c3ccc(F)cc3)c1C(=O)c1ccc(C(F)(F)F)cc1)[C@@H](O)CC(C)(C)C2. The number of hydrogen-bond acceptors (Lipinski definition) is 4. The van der Waals surface area contributed by atoms with E-state index in [1.165, 1.54) is 31.4 Å². The van der Waals surface area contributed by atoms with E-state index >= 15 is 0 Å². The van der Waals surface area contributed by atoms with Gasteiger partial charge in [0.2, 0.25) is 0 Å². The number of carbonyl (C=O) groups is 1. The van der Waals surface area contributed by atoms with Gasteiger partial charge in [0.1, 0.15) is 5.82 Å². The van der Waals surface area contributed by atoms with Crippen molar-refractivity contribution in [1.29, 1.82) is 0 Å². The van der Waals surface area contributed by atoms with Gasteiger partial charge in [-0.2, -0.15) is 13.2 Å². The van der Waals surface area contributed by atoms with Crippen molar-refractivity contribution in [2.75, 3.05) is 7.11 Å². The fourth-order valence-corrected chi connectivity index (χ4v) is 4.82. The molecule has 2 aromatic carbocycles. The first kappa shape index (κ1) is 26.0. The Morgan fingerprint density at radius 2 is 1.72 bits per heavy atom. The number of benzene rings is 2. The molecule has 3 aromatic rings. The third kappa shape index (κ3) is 4.92. The van der Waals surface area contributed by atoms with E-state index in [1.807, 2.05) is 13.8 Å². The summed E-state index contributed by atoms with van der Waals surface area (Å²) in [5.41, 5.74) is 1.31. The molecule has 1 aliphatic carbocycles. The largest absolute Gasteiger partial charge is 0.416 e.